The molecule has 5 nitrogen and oxygen atoms in total. The van der Waals surface area contributed by atoms with Crippen molar-refractivity contribution in [1.29, 1.82) is 0 Å². The Balaban J connectivity index is 3.18. The molecule has 0 saturated heterocycles. The summed E-state index contributed by atoms with van der Waals surface area (Å²) in [6.45, 7) is -0.223. The topological polar surface area (TPSA) is 78.8 Å². The number of hydrogen-bond acceptors (Lipinski definition) is 3. The van der Waals surface area contributed by atoms with Gasteiger partial charge in [-0.05, 0) is 0 Å². The lowest BCUT2D eigenvalue weighted by molar-refractivity contribution is 0.195. The average molecular weight is 116 g/mol. The van der Waals surface area contributed by atoms with Crippen molar-refractivity contribution >= 4 is 12.2 Å². The molecule has 0 radical (unpaired) electrons. The summed E-state index contributed by atoms with van der Waals surface area (Å²) >= 11 is 0. The summed E-state index contributed by atoms with van der Waals surface area (Å²) in [6.07, 6.45) is -0.0324. The Bertz CT molecular complexity index is 124. The maximum Gasteiger partial charge on any atom is 0.406 e. The van der Waals surface area contributed by atoms with Crippen molar-refractivity contribution in [2.24, 2.45) is 4.99 Å². The summed E-state index contributed by atoms with van der Waals surface area (Å²) in [7, 11) is 0. The van der Waals surface area contributed by atoms with Gasteiger partial charge in [-0.2, -0.15) is 4.99 Å². The van der Waals surface area contributed by atoms with E-state index < -0.39 is 6.09 Å². The largest absolute Gasteiger partial charge is 0.465 e. The molecule has 2 N–H and O–H groups in total. The van der Waals surface area contributed by atoms with Crippen LogP contribution in [-0.2, 0) is 4.79 Å². The maximum absolute atomic E-state index is 9.57. The van der Waals surface area contributed by atoms with Crippen LogP contribution >= 0.6 is 0 Å². The average Bonchev–Trinajstić information content (AvgIpc) is 1.66. The summed E-state index contributed by atoms with van der Waals surface area (Å²) < 4.78 is 0. The van der Waals surface area contributed by atoms with Crippen LogP contribution in [0.3, 0.4) is 0 Å². The van der Waals surface area contributed by atoms with E-state index in [-0.39, 0.29) is 6.67 Å². The van der Waals surface area contributed by atoms with Gasteiger partial charge in [0.1, 0.15) is 6.67 Å². The van der Waals surface area contributed by atoms with E-state index in [0.717, 1.165) is 0 Å². The second-order valence-electron chi connectivity index (χ2n) is 0.889. The van der Waals surface area contributed by atoms with E-state index in [1.807, 2.05) is 5.32 Å². The third-order valence-electron chi connectivity index (χ3n) is 0.374. The van der Waals surface area contributed by atoms with Crippen molar-refractivity contribution in [1.82, 2.24) is 5.32 Å². The van der Waals surface area contributed by atoms with E-state index in [1.165, 1.54) is 6.08 Å². The van der Waals surface area contributed by atoms with Crippen molar-refractivity contribution in [2.75, 3.05) is 6.67 Å². The van der Waals surface area contributed by atoms with Crippen molar-refractivity contribution in [3.63, 3.8) is 0 Å². The lowest BCUT2D eigenvalue weighted by Crippen LogP contribution is -2.20. The van der Waals surface area contributed by atoms with Crippen LogP contribution in [0, 0.1) is 0 Å². The lowest BCUT2D eigenvalue weighted by atomic mass is 11.0. The molecule has 44 valence electrons. The molecule has 0 aromatic carbocycles. The van der Waals surface area contributed by atoms with Gasteiger partial charge < -0.3 is 10.4 Å². The van der Waals surface area contributed by atoms with E-state index in [1.54, 1.807) is 0 Å². The lowest BCUT2D eigenvalue weighted by Gasteiger charge is -1.87. The maximum atomic E-state index is 9.57. The highest BCUT2D eigenvalue weighted by Gasteiger charge is 1.86. The van der Waals surface area contributed by atoms with Gasteiger partial charge in [-0.1, -0.05) is 0 Å². The van der Waals surface area contributed by atoms with Crippen LogP contribution in [0.5, 0.6) is 0 Å². The van der Waals surface area contributed by atoms with E-state index in [0.29, 0.717) is 0 Å². The Kier molecular flexibility index (Phi) is 3.18. The minimum Gasteiger partial charge on any atom is -0.465 e. The fourth-order valence-corrected chi connectivity index (χ4v) is 0.139. The number of aliphatic imine (C=N–C) groups is 1. The molecule has 5 heteroatoms. The Morgan fingerprint density at radius 3 is 2.88 bits per heavy atom. The molecule has 0 aromatic heterocycles. The van der Waals surface area contributed by atoms with Crippen LogP contribution in [0.15, 0.2) is 4.99 Å². The zero-order valence-electron chi connectivity index (χ0n) is 3.92. The molecule has 0 spiro atoms. The van der Waals surface area contributed by atoms with Gasteiger partial charge >= 0.3 is 6.09 Å². The molecule has 0 aliphatic carbocycles. The molecular weight excluding hydrogens is 112 g/mol. The Morgan fingerprint density at radius 1 is 1.88 bits per heavy atom. The fraction of sp³-hybridized carbons (Fsp3) is 0.333. The van der Waals surface area contributed by atoms with Gasteiger partial charge in [0.2, 0.25) is 6.08 Å². The Labute approximate surface area is 45.0 Å². The summed E-state index contributed by atoms with van der Waals surface area (Å²) in [5, 5.41) is 9.67. The normalized spacial score (nSPS) is 7.00. The van der Waals surface area contributed by atoms with Gasteiger partial charge in [0.25, 0.3) is 0 Å². The Morgan fingerprint density at radius 2 is 2.50 bits per heavy atom. The zero-order valence-corrected chi connectivity index (χ0v) is 3.92. The van der Waals surface area contributed by atoms with Gasteiger partial charge in [-0.25, -0.2) is 9.59 Å². The minimum absolute atomic E-state index is 0.223. The predicted molar refractivity (Wildman–Crippen MR) is 24.1 cm³/mol. The highest BCUT2D eigenvalue weighted by atomic mass is 16.4. The molecule has 0 aromatic rings. The first kappa shape index (κ1) is 6.65. The number of carbonyl (C=O) groups excluding carboxylic acids is 1. The molecule has 0 saturated carbocycles. The minimum atomic E-state index is -1.20. The van der Waals surface area contributed by atoms with Gasteiger partial charge in [0.05, 0.1) is 0 Å². The second kappa shape index (κ2) is 3.83. The summed E-state index contributed by atoms with van der Waals surface area (Å²) in [6, 6.07) is 0. The van der Waals surface area contributed by atoms with E-state index in [9.17, 15) is 9.59 Å². The molecule has 0 fully saturated rings. The number of carbonyl (C=O) groups is 1. The van der Waals surface area contributed by atoms with Gasteiger partial charge in [-0.15, -0.1) is 0 Å². The van der Waals surface area contributed by atoms with Crippen LogP contribution in [0.1, 0.15) is 0 Å². The van der Waals surface area contributed by atoms with Crippen LogP contribution < -0.4 is 5.32 Å². The number of nitrogens with one attached hydrogen (secondary N) is 1. The second-order valence-corrected chi connectivity index (χ2v) is 0.889. The molecular formula is C3H4N2O3. The van der Waals surface area contributed by atoms with Crippen LogP contribution in [0.25, 0.3) is 0 Å². The first-order chi connectivity index (χ1) is 3.77. The van der Waals surface area contributed by atoms with Gasteiger partial charge in [0, 0.05) is 0 Å². The number of nitrogens with zero attached hydrogens (tertiary/aromatic N) is 1. The number of hydrogen-bond donors (Lipinski definition) is 2. The predicted octanol–water partition coefficient (Wildman–Crippen LogP) is -0.453. The number of carboxylic acid groups (broad SMARTS) is 1. The number of amides is 1. The van der Waals surface area contributed by atoms with Crippen molar-refractivity contribution < 1.29 is 14.7 Å². The quantitative estimate of drug-likeness (QED) is 0.378. The van der Waals surface area contributed by atoms with Gasteiger partial charge in [-0.3, -0.25) is 0 Å². The molecule has 0 aliphatic rings. The molecule has 8 heavy (non-hydrogen) atoms. The summed E-state index contributed by atoms with van der Waals surface area (Å²) in [5.74, 6) is 0. The SMILES string of the molecule is O=C=NCNC(=O)O. The monoisotopic (exact) mass is 116 g/mol. The number of isocyanates is 1. The molecule has 0 unspecified atom stereocenters. The fourth-order valence-electron chi connectivity index (χ4n) is 0.139. The third-order valence-corrected chi connectivity index (χ3v) is 0.374. The van der Waals surface area contributed by atoms with Gasteiger partial charge in [0.15, 0.2) is 0 Å². The Hall–Kier alpha value is -1.35. The van der Waals surface area contributed by atoms with Crippen LogP contribution in [-0.4, -0.2) is 23.9 Å². The molecule has 1 amide bonds. The first-order valence-corrected chi connectivity index (χ1v) is 1.78. The molecule has 0 atom stereocenters. The van der Waals surface area contributed by atoms with E-state index in [2.05, 4.69) is 4.99 Å². The van der Waals surface area contributed by atoms with Crippen molar-refractivity contribution in [3.8, 4) is 0 Å². The highest BCUT2D eigenvalue weighted by molar-refractivity contribution is 5.64. The standard InChI is InChI=1S/C3H4N2O3/c6-2-4-1-5-3(7)8/h5H,1H2,(H,7,8). The summed E-state index contributed by atoms with van der Waals surface area (Å²) in [4.78, 5) is 21.7. The van der Waals surface area contributed by atoms with Crippen molar-refractivity contribution in [3.05, 3.63) is 0 Å². The highest BCUT2D eigenvalue weighted by Crippen LogP contribution is 1.59. The third kappa shape index (κ3) is 4.65. The van der Waals surface area contributed by atoms with E-state index >= 15 is 0 Å². The van der Waals surface area contributed by atoms with Crippen LogP contribution in [0.2, 0.25) is 0 Å². The summed E-state index contributed by atoms with van der Waals surface area (Å²) in [5.41, 5.74) is 0. The molecule has 0 heterocycles. The smallest absolute Gasteiger partial charge is 0.406 e. The van der Waals surface area contributed by atoms with Crippen molar-refractivity contribution in [2.45, 2.75) is 0 Å². The molecule has 0 aliphatic heterocycles. The zero-order chi connectivity index (χ0) is 6.41. The molecule has 0 bridgehead atoms. The van der Waals surface area contributed by atoms with E-state index in [4.69, 9.17) is 5.11 Å². The van der Waals surface area contributed by atoms with Crippen LogP contribution in [0.4, 0.5) is 4.79 Å². The molecule has 0 rings (SSSR count). The first-order valence-electron chi connectivity index (χ1n) is 1.78. The number of rotatable bonds is 2.